The van der Waals surface area contributed by atoms with Crippen LogP contribution in [0.25, 0.3) is 22.2 Å². The third-order valence-electron chi connectivity index (χ3n) is 7.47. The standard InChI is InChI=1S/C17H14N.C12H22O2.Ir/c1-12-9-13(2)11-15(10-12)17-8-7-14-5-3-4-6-16(14)18-17;1-11(2)5-7-6-12(3,4)10(14)8(7)9(11)13;/h3-10H,1-2H3;7-10,13-14H,5-6H2,1-4H3;/q-1;;. The summed E-state index contributed by atoms with van der Waals surface area (Å²) in [5, 5.41) is 21.5. The number of nitrogens with zero attached hydrogens (tertiary/aromatic N) is 1. The van der Waals surface area contributed by atoms with Gasteiger partial charge in [-0.05, 0) is 46.7 Å². The van der Waals surface area contributed by atoms with E-state index in [-0.39, 0.29) is 49.1 Å². The molecule has 0 spiro atoms. The zero-order valence-electron chi connectivity index (χ0n) is 20.5. The number of hydrogen-bond acceptors (Lipinski definition) is 3. The van der Waals surface area contributed by atoms with Crippen LogP contribution in [0.5, 0.6) is 0 Å². The molecule has 3 aromatic rings. The van der Waals surface area contributed by atoms with E-state index in [1.165, 1.54) is 10.9 Å². The third-order valence-corrected chi connectivity index (χ3v) is 7.47. The van der Waals surface area contributed by atoms with E-state index in [1.807, 2.05) is 18.2 Å². The molecule has 179 valence electrons. The topological polar surface area (TPSA) is 53.4 Å². The van der Waals surface area contributed by atoms with Crippen LogP contribution >= 0.6 is 0 Å². The quantitative estimate of drug-likeness (QED) is 0.322. The number of aryl methyl sites for hydroxylation is 2. The first-order valence-corrected chi connectivity index (χ1v) is 11.7. The van der Waals surface area contributed by atoms with E-state index in [2.05, 4.69) is 77.9 Å². The first-order chi connectivity index (χ1) is 15.0. The molecule has 2 unspecified atom stereocenters. The van der Waals surface area contributed by atoms with E-state index < -0.39 is 0 Å². The largest absolute Gasteiger partial charge is 0.392 e. The molecule has 2 aliphatic carbocycles. The zero-order chi connectivity index (χ0) is 23.3. The van der Waals surface area contributed by atoms with Crippen LogP contribution in [0, 0.1) is 42.6 Å². The van der Waals surface area contributed by atoms with Crippen molar-refractivity contribution in [2.45, 2.75) is 66.6 Å². The van der Waals surface area contributed by atoms with Crippen LogP contribution < -0.4 is 0 Å². The average Bonchev–Trinajstić information content (AvgIpc) is 3.07. The predicted molar refractivity (Wildman–Crippen MR) is 131 cm³/mol. The van der Waals surface area contributed by atoms with Crippen molar-refractivity contribution in [1.29, 1.82) is 0 Å². The normalized spacial score (nSPS) is 26.8. The number of aliphatic hydroxyl groups excluding tert-OH is 2. The van der Waals surface area contributed by atoms with Gasteiger partial charge in [0.15, 0.2) is 0 Å². The molecular formula is C29H36IrNO2-. The molecule has 2 aliphatic rings. The maximum Gasteiger partial charge on any atom is 0.0646 e. The number of aromatic nitrogens is 1. The van der Waals surface area contributed by atoms with Crippen molar-refractivity contribution in [2.75, 3.05) is 0 Å². The second kappa shape index (κ2) is 9.58. The average molecular weight is 623 g/mol. The van der Waals surface area contributed by atoms with Gasteiger partial charge in [0.05, 0.1) is 17.7 Å². The van der Waals surface area contributed by atoms with Crippen molar-refractivity contribution in [1.82, 2.24) is 4.98 Å². The molecule has 3 nitrogen and oxygen atoms in total. The molecule has 2 saturated carbocycles. The van der Waals surface area contributed by atoms with E-state index in [1.54, 1.807) is 0 Å². The molecule has 0 amide bonds. The summed E-state index contributed by atoms with van der Waals surface area (Å²) in [6, 6.07) is 20.0. The monoisotopic (exact) mass is 623 g/mol. The minimum atomic E-state index is -0.329. The Morgan fingerprint density at radius 1 is 0.879 bits per heavy atom. The second-order valence-corrected chi connectivity index (χ2v) is 11.3. The number of fused-ring (bicyclic) bond motifs is 2. The summed E-state index contributed by atoms with van der Waals surface area (Å²) in [4.78, 5) is 4.70. The summed E-state index contributed by atoms with van der Waals surface area (Å²) < 4.78 is 0. The van der Waals surface area contributed by atoms with Gasteiger partial charge in [-0.2, -0.15) is 0 Å². The summed E-state index contributed by atoms with van der Waals surface area (Å²) in [5.74, 6) is 0.630. The van der Waals surface area contributed by atoms with Crippen LogP contribution in [-0.4, -0.2) is 27.4 Å². The molecule has 2 fully saturated rings. The van der Waals surface area contributed by atoms with Crippen molar-refractivity contribution in [2.24, 2.45) is 22.7 Å². The molecule has 2 aromatic carbocycles. The molecule has 1 aromatic heterocycles. The number of aliphatic hydroxyl groups is 2. The Balaban J connectivity index is 0.000000186. The van der Waals surface area contributed by atoms with Crippen molar-refractivity contribution in [3.8, 4) is 11.3 Å². The minimum absolute atomic E-state index is 0. The van der Waals surface area contributed by atoms with Crippen LogP contribution in [0.1, 0.15) is 51.7 Å². The molecule has 33 heavy (non-hydrogen) atoms. The molecule has 0 bridgehead atoms. The Morgan fingerprint density at radius 2 is 1.48 bits per heavy atom. The minimum Gasteiger partial charge on any atom is -0.392 e. The van der Waals surface area contributed by atoms with Crippen LogP contribution in [0.3, 0.4) is 0 Å². The summed E-state index contributed by atoms with van der Waals surface area (Å²) in [6.45, 7) is 12.6. The molecule has 0 saturated heterocycles. The maximum atomic E-state index is 10.2. The van der Waals surface area contributed by atoms with Crippen LogP contribution in [0.15, 0.2) is 48.5 Å². The van der Waals surface area contributed by atoms with E-state index in [9.17, 15) is 10.2 Å². The number of para-hydroxylation sites is 1. The summed E-state index contributed by atoms with van der Waals surface area (Å²) in [6.07, 6.45) is 1.45. The molecule has 0 aliphatic heterocycles. The Hall–Kier alpha value is -1.58. The van der Waals surface area contributed by atoms with E-state index in [0.29, 0.717) is 5.92 Å². The first-order valence-electron chi connectivity index (χ1n) is 11.7. The number of pyridine rings is 1. The van der Waals surface area contributed by atoms with E-state index in [4.69, 9.17) is 4.98 Å². The van der Waals surface area contributed by atoms with Gasteiger partial charge in [0.25, 0.3) is 0 Å². The predicted octanol–water partition coefficient (Wildman–Crippen LogP) is 6.12. The summed E-state index contributed by atoms with van der Waals surface area (Å²) >= 11 is 0. The van der Waals surface area contributed by atoms with Gasteiger partial charge >= 0.3 is 0 Å². The van der Waals surface area contributed by atoms with Crippen molar-refractivity contribution >= 4 is 10.9 Å². The molecule has 2 atom stereocenters. The van der Waals surface area contributed by atoms with Crippen molar-refractivity contribution < 1.29 is 30.3 Å². The molecule has 1 heterocycles. The molecule has 4 heteroatoms. The fourth-order valence-electron chi connectivity index (χ4n) is 5.92. The Kier molecular flexibility index (Phi) is 7.56. The number of hydrogen-bond donors (Lipinski definition) is 2. The van der Waals surface area contributed by atoms with Crippen LogP contribution in [0.4, 0.5) is 0 Å². The maximum absolute atomic E-state index is 10.2. The zero-order valence-corrected chi connectivity index (χ0v) is 22.9. The Morgan fingerprint density at radius 3 is 2.06 bits per heavy atom. The van der Waals surface area contributed by atoms with Crippen molar-refractivity contribution in [3.05, 3.63) is 65.7 Å². The number of rotatable bonds is 1. The molecule has 2 N–H and O–H groups in total. The number of benzene rings is 2. The SMILES string of the molecule is CC1(C)CC2CC(C)(C)C(O)C2C1O.Cc1[c-]c(-c2ccc3ccccc3n2)cc(C)c1.[Ir]. The van der Waals surface area contributed by atoms with Gasteiger partial charge in [0, 0.05) is 26.0 Å². The Bertz CT molecular complexity index is 1080. The molecule has 1 radical (unpaired) electrons. The van der Waals surface area contributed by atoms with Crippen molar-refractivity contribution in [3.63, 3.8) is 0 Å². The summed E-state index contributed by atoms with van der Waals surface area (Å²) in [5.41, 5.74) is 5.47. The van der Waals surface area contributed by atoms with Gasteiger partial charge in [0.2, 0.25) is 0 Å². The van der Waals surface area contributed by atoms with Gasteiger partial charge in [-0.1, -0.05) is 71.9 Å². The summed E-state index contributed by atoms with van der Waals surface area (Å²) in [7, 11) is 0. The van der Waals surface area contributed by atoms with Crippen LogP contribution in [-0.2, 0) is 20.1 Å². The van der Waals surface area contributed by atoms with Gasteiger partial charge in [-0.25, -0.2) is 0 Å². The fraction of sp³-hybridized carbons (Fsp3) is 0.483. The van der Waals surface area contributed by atoms with Crippen LogP contribution in [0.2, 0.25) is 0 Å². The Labute approximate surface area is 212 Å². The van der Waals surface area contributed by atoms with E-state index in [0.717, 1.165) is 35.2 Å². The third kappa shape index (κ3) is 5.25. The molecule has 5 rings (SSSR count). The first kappa shape index (κ1) is 26.0. The smallest absolute Gasteiger partial charge is 0.0646 e. The van der Waals surface area contributed by atoms with E-state index >= 15 is 0 Å². The van der Waals surface area contributed by atoms with Gasteiger partial charge in [-0.15, -0.1) is 34.9 Å². The van der Waals surface area contributed by atoms with Gasteiger partial charge < -0.3 is 10.2 Å². The second-order valence-electron chi connectivity index (χ2n) is 11.3. The molecular weight excluding hydrogens is 587 g/mol. The fourth-order valence-corrected chi connectivity index (χ4v) is 5.92. The van der Waals surface area contributed by atoms with Gasteiger partial charge in [0.1, 0.15) is 0 Å². The van der Waals surface area contributed by atoms with Gasteiger partial charge in [-0.3, -0.25) is 4.98 Å².